The molecule has 2 fully saturated rings. The molecule has 10 nitrogen and oxygen atoms in total. The van der Waals surface area contributed by atoms with Gasteiger partial charge in [0.05, 0.1) is 59.4 Å². The van der Waals surface area contributed by atoms with Gasteiger partial charge in [-0.1, -0.05) is 17.2 Å². The van der Waals surface area contributed by atoms with Gasteiger partial charge in [0.2, 0.25) is 0 Å². The fourth-order valence-electron chi connectivity index (χ4n) is 7.00. The SMILES string of the molecule is C/C(=C\COC(C)C1=C(/C=C2\CC=CO2)O[C@@]2(C=C1)OC(CC/C(C)=C/COc1c3ccoc3cc3oc(=O)ccc13)C(C)(C)O2)CCC1OC1(C)C. The standard InChI is InChI=1S/C43H50O10/c1-27(10-13-37-41(4,5)51-37)17-22-45-29(3)31-16-20-43(50-36(31)25-30-9-8-21-46-30)52-38(42(6,7)53-43)14-11-28(2)18-23-48-40-32-12-15-39(44)49-35(32)26-34-33(40)19-24-47-34/h8,12,15-21,24-26,29,37-38H,9-11,13-14,22-23H2,1-7H3/b27-17+,28-18+,30-25+/t29?,37?,38?,43-/m0/s1. The molecular weight excluding hydrogens is 676 g/mol. The maximum Gasteiger partial charge on any atom is 0.350 e. The summed E-state index contributed by atoms with van der Waals surface area (Å²) in [5, 5.41) is 1.53. The minimum Gasteiger partial charge on any atom is -0.488 e. The van der Waals surface area contributed by atoms with Gasteiger partial charge in [0.1, 0.15) is 35.0 Å². The molecule has 3 aromatic rings. The summed E-state index contributed by atoms with van der Waals surface area (Å²) in [6.45, 7) is 15.4. The summed E-state index contributed by atoms with van der Waals surface area (Å²) < 4.78 is 54.7. The largest absolute Gasteiger partial charge is 0.488 e. The molecule has 0 saturated carbocycles. The molecule has 2 aromatic heterocycles. The van der Waals surface area contributed by atoms with E-state index in [1.165, 1.54) is 11.6 Å². The minimum atomic E-state index is -1.38. The zero-order valence-corrected chi connectivity index (χ0v) is 31.7. The highest BCUT2D eigenvalue weighted by molar-refractivity contribution is 6.01. The smallest absolute Gasteiger partial charge is 0.350 e. The number of hydrogen-bond acceptors (Lipinski definition) is 10. The number of ether oxygens (including phenoxy) is 7. The first kappa shape index (κ1) is 37.0. The number of rotatable bonds is 14. The zero-order chi connectivity index (χ0) is 37.4. The summed E-state index contributed by atoms with van der Waals surface area (Å²) in [5.41, 5.74) is 3.27. The maximum absolute atomic E-state index is 11.8. The van der Waals surface area contributed by atoms with Crippen LogP contribution in [0.3, 0.4) is 0 Å². The van der Waals surface area contributed by atoms with Gasteiger partial charge in [-0.15, -0.1) is 0 Å². The van der Waals surface area contributed by atoms with Gasteiger partial charge in [-0.05, 0) is 105 Å². The van der Waals surface area contributed by atoms with Crippen molar-refractivity contribution in [2.75, 3.05) is 13.2 Å². The average molecular weight is 727 g/mol. The van der Waals surface area contributed by atoms with Crippen LogP contribution in [0, 0.1) is 0 Å². The third-order valence-corrected chi connectivity index (χ3v) is 10.4. The molecule has 1 spiro atoms. The van der Waals surface area contributed by atoms with Crippen LogP contribution in [0.5, 0.6) is 5.75 Å². The van der Waals surface area contributed by atoms with Crippen LogP contribution in [0.1, 0.15) is 80.6 Å². The molecule has 6 heterocycles. The molecule has 0 radical (unpaired) electrons. The number of allylic oxidation sites excluding steroid dienone is 4. The van der Waals surface area contributed by atoms with Crippen LogP contribution in [0.25, 0.3) is 21.9 Å². The monoisotopic (exact) mass is 726 g/mol. The molecule has 0 amide bonds. The molecule has 53 heavy (non-hydrogen) atoms. The molecule has 0 aliphatic carbocycles. The average Bonchev–Trinajstić information content (AvgIpc) is 3.54. The van der Waals surface area contributed by atoms with Gasteiger partial charge < -0.3 is 42.0 Å². The van der Waals surface area contributed by atoms with E-state index < -0.39 is 17.2 Å². The Morgan fingerprint density at radius 2 is 1.66 bits per heavy atom. The molecule has 3 unspecified atom stereocenters. The minimum absolute atomic E-state index is 0.0114. The number of furan rings is 1. The van der Waals surface area contributed by atoms with E-state index in [2.05, 4.69) is 39.8 Å². The molecular formula is C43H50O10. The van der Waals surface area contributed by atoms with Crippen LogP contribution in [-0.2, 0) is 28.4 Å². The Morgan fingerprint density at radius 3 is 2.38 bits per heavy atom. The van der Waals surface area contributed by atoms with E-state index in [0.29, 0.717) is 60.2 Å². The quantitative estimate of drug-likeness (QED) is 0.0905. The van der Waals surface area contributed by atoms with E-state index in [9.17, 15) is 4.79 Å². The Balaban J connectivity index is 0.978. The van der Waals surface area contributed by atoms with Crippen LogP contribution in [0.2, 0.25) is 0 Å². The van der Waals surface area contributed by atoms with Gasteiger partial charge in [0.15, 0.2) is 0 Å². The second-order valence-corrected chi connectivity index (χ2v) is 15.4. The predicted molar refractivity (Wildman–Crippen MR) is 201 cm³/mol. The summed E-state index contributed by atoms with van der Waals surface area (Å²) in [7, 11) is 0. The van der Waals surface area contributed by atoms with E-state index in [1.807, 2.05) is 51.1 Å². The van der Waals surface area contributed by atoms with Crippen molar-refractivity contribution in [3.05, 3.63) is 112 Å². The topological polar surface area (TPSA) is 111 Å². The third kappa shape index (κ3) is 8.41. The molecule has 1 aromatic carbocycles. The summed E-state index contributed by atoms with van der Waals surface area (Å²) >= 11 is 0. The van der Waals surface area contributed by atoms with E-state index in [-0.39, 0.29) is 17.8 Å². The Labute approximate surface area is 310 Å². The highest BCUT2D eigenvalue weighted by Crippen LogP contribution is 2.45. The molecule has 2 saturated heterocycles. The maximum atomic E-state index is 11.8. The fraction of sp³-hybridized carbons (Fsp3) is 0.465. The van der Waals surface area contributed by atoms with Gasteiger partial charge in [-0.25, -0.2) is 4.79 Å². The first-order chi connectivity index (χ1) is 25.3. The van der Waals surface area contributed by atoms with E-state index in [4.69, 9.17) is 42.0 Å². The number of fused-ring (bicyclic) bond motifs is 2. The molecule has 0 N–H and O–H groups in total. The van der Waals surface area contributed by atoms with Gasteiger partial charge in [-0.2, -0.15) is 0 Å². The lowest BCUT2D eigenvalue weighted by Crippen LogP contribution is -2.37. The normalized spacial score (nSPS) is 26.2. The Kier molecular flexibility index (Phi) is 10.3. The van der Waals surface area contributed by atoms with Crippen molar-refractivity contribution >= 4 is 21.9 Å². The molecule has 10 heteroatoms. The highest BCUT2D eigenvalue weighted by Gasteiger charge is 2.54. The summed E-state index contributed by atoms with van der Waals surface area (Å²) in [5.74, 6) is 0.597. The van der Waals surface area contributed by atoms with Crippen molar-refractivity contribution < 1.29 is 42.0 Å². The van der Waals surface area contributed by atoms with Crippen molar-refractivity contribution in [1.29, 1.82) is 0 Å². The third-order valence-electron chi connectivity index (χ3n) is 10.4. The summed E-state index contributed by atoms with van der Waals surface area (Å²) in [6, 6.07) is 6.67. The fourth-order valence-corrected chi connectivity index (χ4v) is 7.00. The van der Waals surface area contributed by atoms with E-state index in [0.717, 1.165) is 41.6 Å². The van der Waals surface area contributed by atoms with E-state index >= 15 is 0 Å². The number of hydrogen-bond donors (Lipinski definition) is 0. The van der Waals surface area contributed by atoms with Crippen molar-refractivity contribution in [2.45, 2.75) is 116 Å². The molecule has 7 rings (SSSR count). The first-order valence-electron chi connectivity index (χ1n) is 18.5. The number of epoxide rings is 1. The highest BCUT2D eigenvalue weighted by atomic mass is 16.9. The molecule has 4 aliphatic heterocycles. The molecule has 282 valence electrons. The lowest BCUT2D eigenvalue weighted by Gasteiger charge is -2.32. The molecule has 4 aliphatic rings. The van der Waals surface area contributed by atoms with Crippen LogP contribution in [0.4, 0.5) is 0 Å². The second-order valence-electron chi connectivity index (χ2n) is 15.4. The van der Waals surface area contributed by atoms with Crippen LogP contribution >= 0.6 is 0 Å². The molecule has 4 atom stereocenters. The van der Waals surface area contributed by atoms with Crippen molar-refractivity contribution in [3.8, 4) is 5.75 Å². The second kappa shape index (κ2) is 14.8. The number of benzene rings is 1. The van der Waals surface area contributed by atoms with Crippen LogP contribution in [0.15, 0.2) is 115 Å². The lowest BCUT2D eigenvalue weighted by molar-refractivity contribution is -0.297. The van der Waals surface area contributed by atoms with Gasteiger partial charge in [0, 0.05) is 36.3 Å². The van der Waals surface area contributed by atoms with Crippen LogP contribution in [-0.4, -0.2) is 48.7 Å². The first-order valence-corrected chi connectivity index (χ1v) is 18.5. The van der Waals surface area contributed by atoms with Gasteiger partial charge in [0.25, 0.3) is 0 Å². The predicted octanol–water partition coefficient (Wildman–Crippen LogP) is 9.46. The Hall–Kier alpha value is -4.35. The summed E-state index contributed by atoms with van der Waals surface area (Å²) in [6.07, 6.45) is 19.1. The van der Waals surface area contributed by atoms with Crippen LogP contribution < -0.4 is 10.4 Å². The Bertz CT molecular complexity index is 2080. The van der Waals surface area contributed by atoms with Crippen molar-refractivity contribution in [1.82, 2.24) is 0 Å². The van der Waals surface area contributed by atoms with Gasteiger partial charge in [-0.3, -0.25) is 0 Å². The molecule has 0 bridgehead atoms. The Morgan fingerprint density at radius 1 is 0.943 bits per heavy atom. The summed E-state index contributed by atoms with van der Waals surface area (Å²) in [4.78, 5) is 11.8. The van der Waals surface area contributed by atoms with Crippen molar-refractivity contribution in [2.24, 2.45) is 0 Å². The van der Waals surface area contributed by atoms with Gasteiger partial charge >= 0.3 is 11.6 Å². The zero-order valence-electron chi connectivity index (χ0n) is 31.7. The van der Waals surface area contributed by atoms with Crippen molar-refractivity contribution in [3.63, 3.8) is 0 Å². The van der Waals surface area contributed by atoms with E-state index in [1.54, 1.807) is 24.7 Å². The lowest BCUT2D eigenvalue weighted by atomic mass is 9.96.